The Hall–Kier alpha value is 0.220. The van der Waals surface area contributed by atoms with Gasteiger partial charge in [-0.25, -0.2) is 0 Å². The fraction of sp³-hybridized carbons (Fsp3) is 0.778. The lowest BCUT2D eigenvalue weighted by Gasteiger charge is -2.12. The van der Waals surface area contributed by atoms with Gasteiger partial charge in [0.05, 0.1) is 0 Å². The van der Waals surface area contributed by atoms with Crippen LogP contribution in [0.1, 0.15) is 19.8 Å². The molecule has 0 aromatic carbocycles. The van der Waals surface area contributed by atoms with Gasteiger partial charge in [0.25, 0.3) is 0 Å². The van der Waals surface area contributed by atoms with Crippen LogP contribution in [0.2, 0.25) is 0 Å². The predicted octanol–water partition coefficient (Wildman–Crippen LogP) is 2.74. The number of nitrogens with one attached hydrogen (secondary N) is 1. The van der Waals surface area contributed by atoms with E-state index in [1.54, 1.807) is 34.9 Å². The van der Waals surface area contributed by atoms with Crippen LogP contribution in [0.5, 0.6) is 0 Å². The monoisotopic (exact) mass is 263 g/mol. The van der Waals surface area contributed by atoms with Crippen LogP contribution < -0.4 is 5.32 Å². The molecule has 0 aliphatic rings. The van der Waals surface area contributed by atoms with Gasteiger partial charge in [0.2, 0.25) is 0 Å². The molecule has 3 nitrogen and oxygen atoms in total. The van der Waals surface area contributed by atoms with E-state index in [-0.39, 0.29) is 0 Å². The second kappa shape index (κ2) is 7.49. The molecule has 1 heterocycles. The van der Waals surface area contributed by atoms with Crippen LogP contribution >= 0.6 is 34.9 Å². The van der Waals surface area contributed by atoms with Crippen molar-refractivity contribution in [1.82, 2.24) is 15.5 Å². The van der Waals surface area contributed by atoms with Crippen LogP contribution in [0.25, 0.3) is 0 Å². The van der Waals surface area contributed by atoms with E-state index < -0.39 is 0 Å². The van der Waals surface area contributed by atoms with Gasteiger partial charge in [0.15, 0.2) is 8.68 Å². The van der Waals surface area contributed by atoms with Crippen molar-refractivity contribution in [2.75, 3.05) is 19.1 Å². The highest BCUT2D eigenvalue weighted by atomic mass is 32.2. The van der Waals surface area contributed by atoms with E-state index >= 15 is 0 Å². The molecule has 0 saturated carbocycles. The minimum atomic E-state index is 0.585. The molecular weight excluding hydrogens is 246 g/mol. The third kappa shape index (κ3) is 4.72. The van der Waals surface area contributed by atoms with Crippen LogP contribution in [-0.4, -0.2) is 35.3 Å². The van der Waals surface area contributed by atoms with Crippen molar-refractivity contribution < 1.29 is 0 Å². The molecule has 1 rings (SSSR count). The first-order valence-electron chi connectivity index (χ1n) is 4.97. The lowest BCUT2D eigenvalue weighted by atomic mass is 10.2. The van der Waals surface area contributed by atoms with Gasteiger partial charge < -0.3 is 5.32 Å². The molecule has 6 heteroatoms. The maximum Gasteiger partial charge on any atom is 0.175 e. The lowest BCUT2D eigenvalue weighted by Crippen LogP contribution is -2.27. The van der Waals surface area contributed by atoms with Crippen molar-refractivity contribution in [2.24, 2.45) is 0 Å². The molecular formula is C9H17N3S3. The predicted molar refractivity (Wildman–Crippen MR) is 70.2 cm³/mol. The molecule has 0 spiro atoms. The van der Waals surface area contributed by atoms with E-state index in [2.05, 4.69) is 22.4 Å². The molecule has 1 unspecified atom stereocenters. The van der Waals surface area contributed by atoms with Gasteiger partial charge in [0.1, 0.15) is 0 Å². The highest BCUT2D eigenvalue weighted by Crippen LogP contribution is 2.27. The molecule has 15 heavy (non-hydrogen) atoms. The van der Waals surface area contributed by atoms with Crippen LogP contribution in [-0.2, 0) is 0 Å². The van der Waals surface area contributed by atoms with Gasteiger partial charge >= 0.3 is 0 Å². The average molecular weight is 263 g/mol. The quantitative estimate of drug-likeness (QED) is 0.766. The largest absolute Gasteiger partial charge is 0.316 e. The Morgan fingerprint density at radius 1 is 1.40 bits per heavy atom. The topological polar surface area (TPSA) is 37.8 Å². The van der Waals surface area contributed by atoms with Crippen LogP contribution in [0.3, 0.4) is 0 Å². The zero-order valence-corrected chi connectivity index (χ0v) is 11.8. The normalized spacial score (nSPS) is 13.0. The number of rotatable bonds is 7. The summed E-state index contributed by atoms with van der Waals surface area (Å²) in [6.07, 6.45) is 4.47. The summed E-state index contributed by atoms with van der Waals surface area (Å²) in [6.45, 7) is 2.21. The van der Waals surface area contributed by atoms with Gasteiger partial charge in [-0.3, -0.25) is 0 Å². The summed E-state index contributed by atoms with van der Waals surface area (Å²) in [5, 5.41) is 11.5. The third-order valence-electron chi connectivity index (χ3n) is 2.02. The van der Waals surface area contributed by atoms with Crippen LogP contribution in [0.4, 0.5) is 0 Å². The van der Waals surface area contributed by atoms with Crippen molar-refractivity contribution in [2.45, 2.75) is 34.5 Å². The lowest BCUT2D eigenvalue weighted by molar-refractivity contribution is 0.564. The maximum atomic E-state index is 4.14. The molecule has 0 saturated heterocycles. The van der Waals surface area contributed by atoms with Crippen LogP contribution in [0.15, 0.2) is 8.68 Å². The molecule has 1 aromatic heterocycles. The second-order valence-corrected chi connectivity index (χ2v) is 6.42. The summed E-state index contributed by atoms with van der Waals surface area (Å²) in [7, 11) is 2.02. The number of hydrogen-bond acceptors (Lipinski definition) is 6. The Bertz CT molecular complexity index is 277. The van der Waals surface area contributed by atoms with Crippen molar-refractivity contribution >= 4 is 34.9 Å². The van der Waals surface area contributed by atoms with Crippen molar-refractivity contribution in [1.29, 1.82) is 0 Å². The Morgan fingerprint density at radius 2 is 2.13 bits per heavy atom. The fourth-order valence-corrected chi connectivity index (χ4v) is 3.79. The SMILES string of the molecule is CCCC(CSc1nnc(SC)s1)NC. The van der Waals surface area contributed by atoms with E-state index in [4.69, 9.17) is 0 Å². The molecule has 0 bridgehead atoms. The molecule has 1 aromatic rings. The molecule has 1 atom stereocenters. The van der Waals surface area contributed by atoms with Gasteiger partial charge in [0, 0.05) is 11.8 Å². The van der Waals surface area contributed by atoms with E-state index in [9.17, 15) is 0 Å². The van der Waals surface area contributed by atoms with E-state index in [0.717, 1.165) is 14.4 Å². The smallest absolute Gasteiger partial charge is 0.175 e. The minimum Gasteiger partial charge on any atom is -0.316 e. The zero-order chi connectivity index (χ0) is 11.1. The van der Waals surface area contributed by atoms with Gasteiger partial charge in [-0.1, -0.05) is 48.2 Å². The van der Waals surface area contributed by atoms with E-state index in [1.807, 2.05) is 13.3 Å². The Morgan fingerprint density at radius 3 is 2.67 bits per heavy atom. The molecule has 0 aliphatic heterocycles. The zero-order valence-electron chi connectivity index (χ0n) is 9.32. The highest BCUT2D eigenvalue weighted by molar-refractivity contribution is 8.03. The fourth-order valence-electron chi connectivity index (χ4n) is 1.17. The number of nitrogens with zero attached hydrogens (tertiary/aromatic N) is 2. The van der Waals surface area contributed by atoms with Crippen molar-refractivity contribution in [3.8, 4) is 0 Å². The first-order valence-corrected chi connectivity index (χ1v) is 8.00. The van der Waals surface area contributed by atoms with Crippen molar-refractivity contribution in [3.05, 3.63) is 0 Å². The highest BCUT2D eigenvalue weighted by Gasteiger charge is 2.08. The molecule has 86 valence electrons. The molecule has 0 aliphatic carbocycles. The molecule has 0 fully saturated rings. The summed E-state index contributed by atoms with van der Waals surface area (Å²) < 4.78 is 2.13. The molecule has 0 amide bonds. The summed E-state index contributed by atoms with van der Waals surface area (Å²) in [4.78, 5) is 0. The van der Waals surface area contributed by atoms with E-state index in [1.165, 1.54) is 12.8 Å². The summed E-state index contributed by atoms with van der Waals surface area (Å²) in [5.74, 6) is 1.08. The number of thioether (sulfide) groups is 2. The van der Waals surface area contributed by atoms with Gasteiger partial charge in [-0.15, -0.1) is 10.2 Å². The molecule has 1 N–H and O–H groups in total. The van der Waals surface area contributed by atoms with Gasteiger partial charge in [-0.05, 0) is 19.7 Å². The number of aromatic nitrogens is 2. The standard InChI is InChI=1S/C9H17N3S3/c1-4-5-7(10-2)6-14-9-12-11-8(13-3)15-9/h7,10H,4-6H2,1-3H3. The van der Waals surface area contributed by atoms with Crippen LogP contribution in [0, 0.1) is 0 Å². The third-order valence-corrected chi connectivity index (χ3v) is 5.21. The first kappa shape index (κ1) is 13.3. The Kier molecular flexibility index (Phi) is 6.63. The van der Waals surface area contributed by atoms with E-state index in [0.29, 0.717) is 6.04 Å². The first-order chi connectivity index (χ1) is 7.30. The Balaban J connectivity index is 2.34. The summed E-state index contributed by atoms with van der Waals surface area (Å²) >= 11 is 5.13. The average Bonchev–Trinajstić information content (AvgIpc) is 2.72. The number of hydrogen-bond donors (Lipinski definition) is 1. The maximum absolute atomic E-state index is 4.14. The molecule has 0 radical (unpaired) electrons. The van der Waals surface area contributed by atoms with Gasteiger partial charge in [-0.2, -0.15) is 0 Å². The summed E-state index contributed by atoms with van der Waals surface area (Å²) in [5.41, 5.74) is 0. The second-order valence-electron chi connectivity index (χ2n) is 3.12. The summed E-state index contributed by atoms with van der Waals surface area (Å²) in [6, 6.07) is 0.585. The Labute approximate surface area is 104 Å². The van der Waals surface area contributed by atoms with Crippen molar-refractivity contribution in [3.63, 3.8) is 0 Å². The minimum absolute atomic E-state index is 0.585.